The number of anilines is 2. The third-order valence-corrected chi connectivity index (χ3v) is 3.30. The minimum atomic E-state index is -0.435. The number of hydrogen-bond donors (Lipinski definition) is 1. The summed E-state index contributed by atoms with van der Waals surface area (Å²) in [5.41, 5.74) is 7.11. The molecule has 20 heavy (non-hydrogen) atoms. The number of ether oxygens (including phenoxy) is 1. The van der Waals surface area contributed by atoms with E-state index in [1.165, 1.54) is 6.07 Å². The summed E-state index contributed by atoms with van der Waals surface area (Å²) in [6.07, 6.45) is 3.43. The lowest BCUT2D eigenvalue weighted by molar-refractivity contribution is 0.301. The lowest BCUT2D eigenvalue weighted by Gasteiger charge is -2.25. The molecule has 0 bridgehead atoms. The van der Waals surface area contributed by atoms with Crippen molar-refractivity contribution >= 4 is 11.4 Å². The van der Waals surface area contributed by atoms with Gasteiger partial charge in [0, 0.05) is 24.7 Å². The Hall–Kier alpha value is -1.96. The average molecular weight is 277 g/mol. The van der Waals surface area contributed by atoms with E-state index >= 15 is 0 Å². The summed E-state index contributed by atoms with van der Waals surface area (Å²) in [4.78, 5) is 2.09. The van der Waals surface area contributed by atoms with Gasteiger partial charge in [-0.05, 0) is 19.3 Å². The molecule has 1 aliphatic carbocycles. The van der Waals surface area contributed by atoms with Gasteiger partial charge in [0.15, 0.2) is 11.6 Å². The highest BCUT2D eigenvalue weighted by Gasteiger charge is 2.30. The largest absolute Gasteiger partial charge is 0.490 e. The van der Waals surface area contributed by atoms with Crippen LogP contribution >= 0.6 is 0 Å². The van der Waals surface area contributed by atoms with Crippen LogP contribution in [0, 0.1) is 17.1 Å². The number of nitrogens with zero attached hydrogens (tertiary/aromatic N) is 2. The number of hydrogen-bond acceptors (Lipinski definition) is 4. The van der Waals surface area contributed by atoms with Crippen LogP contribution in [0.3, 0.4) is 0 Å². The van der Waals surface area contributed by atoms with Crippen LogP contribution < -0.4 is 15.4 Å². The second-order valence-electron chi connectivity index (χ2n) is 5.02. The number of rotatable bonds is 7. The Bertz CT molecular complexity index is 509. The smallest absolute Gasteiger partial charge is 0.167 e. The molecule has 1 saturated carbocycles. The van der Waals surface area contributed by atoms with E-state index in [0.29, 0.717) is 31.3 Å². The van der Waals surface area contributed by atoms with E-state index in [2.05, 4.69) is 11.0 Å². The summed E-state index contributed by atoms with van der Waals surface area (Å²) >= 11 is 0. The molecule has 2 N–H and O–H groups in total. The van der Waals surface area contributed by atoms with Crippen molar-refractivity contribution in [2.24, 2.45) is 0 Å². The normalized spacial score (nSPS) is 13.8. The predicted molar refractivity (Wildman–Crippen MR) is 77.2 cm³/mol. The molecule has 108 valence electrons. The first kappa shape index (κ1) is 14.4. The van der Waals surface area contributed by atoms with E-state index in [9.17, 15) is 4.39 Å². The molecule has 0 atom stereocenters. The zero-order valence-corrected chi connectivity index (χ0v) is 11.7. The summed E-state index contributed by atoms with van der Waals surface area (Å²) in [5, 5.41) is 8.76. The van der Waals surface area contributed by atoms with E-state index in [1.54, 1.807) is 6.07 Å². The summed E-state index contributed by atoms with van der Waals surface area (Å²) in [5.74, 6) is -0.200. The highest BCUT2D eigenvalue weighted by molar-refractivity contribution is 5.71. The fraction of sp³-hybridized carbons (Fsp3) is 0.533. The van der Waals surface area contributed by atoms with Crippen molar-refractivity contribution in [3.8, 4) is 11.8 Å². The first-order chi connectivity index (χ1) is 9.67. The minimum absolute atomic E-state index is 0.235. The average Bonchev–Trinajstić information content (AvgIpc) is 3.24. The van der Waals surface area contributed by atoms with Gasteiger partial charge in [-0.15, -0.1) is 0 Å². The summed E-state index contributed by atoms with van der Waals surface area (Å²) in [7, 11) is 0. The lowest BCUT2D eigenvalue weighted by Crippen LogP contribution is -2.27. The standard InChI is InChI=1S/C15H20FN3O/c1-2-8-20-15-10-14(13(18)9-12(15)16)19(7-3-6-17)11-4-5-11/h9-11H,2-5,7-8,18H2,1H3. The molecular weight excluding hydrogens is 257 g/mol. The third-order valence-electron chi connectivity index (χ3n) is 3.30. The van der Waals surface area contributed by atoms with Gasteiger partial charge in [0.25, 0.3) is 0 Å². The maximum absolute atomic E-state index is 13.8. The Kier molecular flexibility index (Phi) is 4.67. The van der Waals surface area contributed by atoms with Crippen molar-refractivity contribution in [1.82, 2.24) is 0 Å². The third kappa shape index (κ3) is 3.32. The van der Waals surface area contributed by atoms with Crippen LogP contribution in [0.2, 0.25) is 0 Å². The Morgan fingerprint density at radius 1 is 1.50 bits per heavy atom. The van der Waals surface area contributed by atoms with Gasteiger partial charge < -0.3 is 15.4 Å². The van der Waals surface area contributed by atoms with E-state index < -0.39 is 5.82 Å². The number of halogens is 1. The lowest BCUT2D eigenvalue weighted by atomic mass is 10.2. The molecule has 0 radical (unpaired) electrons. The van der Waals surface area contributed by atoms with Crippen LogP contribution in [-0.4, -0.2) is 19.2 Å². The zero-order valence-electron chi connectivity index (χ0n) is 11.7. The van der Waals surface area contributed by atoms with Crippen molar-refractivity contribution in [1.29, 1.82) is 5.26 Å². The summed E-state index contributed by atoms with van der Waals surface area (Å²) in [6, 6.07) is 5.53. The molecule has 2 rings (SSSR count). The zero-order chi connectivity index (χ0) is 14.5. The molecular formula is C15H20FN3O. The number of benzene rings is 1. The first-order valence-electron chi connectivity index (χ1n) is 7.02. The SMILES string of the molecule is CCCOc1cc(N(CCC#N)C2CC2)c(N)cc1F. The number of nitrogens with two attached hydrogens (primary N) is 1. The van der Waals surface area contributed by atoms with E-state index in [0.717, 1.165) is 24.9 Å². The molecule has 5 heteroatoms. The maximum Gasteiger partial charge on any atom is 0.167 e. The second kappa shape index (κ2) is 6.47. The van der Waals surface area contributed by atoms with Crippen LogP contribution in [0.5, 0.6) is 5.75 Å². The fourth-order valence-electron chi connectivity index (χ4n) is 2.19. The quantitative estimate of drug-likeness (QED) is 0.778. The molecule has 0 aliphatic heterocycles. The molecule has 0 spiro atoms. The fourth-order valence-corrected chi connectivity index (χ4v) is 2.19. The summed E-state index contributed by atoms with van der Waals surface area (Å²) < 4.78 is 19.2. The molecule has 1 fully saturated rings. The van der Waals surface area contributed by atoms with Crippen molar-refractivity contribution in [3.05, 3.63) is 17.9 Å². The van der Waals surface area contributed by atoms with Crippen LogP contribution in [0.1, 0.15) is 32.6 Å². The van der Waals surface area contributed by atoms with Gasteiger partial charge in [-0.3, -0.25) is 0 Å². The molecule has 4 nitrogen and oxygen atoms in total. The van der Waals surface area contributed by atoms with Crippen LogP contribution in [0.4, 0.5) is 15.8 Å². The predicted octanol–water partition coefficient (Wildman–Crippen LogP) is 3.08. The molecule has 0 aromatic heterocycles. The number of nitrogen functional groups attached to an aromatic ring is 1. The minimum Gasteiger partial charge on any atom is -0.490 e. The van der Waals surface area contributed by atoms with Gasteiger partial charge in [-0.2, -0.15) is 5.26 Å². The first-order valence-corrected chi connectivity index (χ1v) is 7.02. The highest BCUT2D eigenvalue weighted by atomic mass is 19.1. The van der Waals surface area contributed by atoms with Crippen molar-refractivity contribution in [3.63, 3.8) is 0 Å². The Balaban J connectivity index is 2.25. The van der Waals surface area contributed by atoms with Gasteiger partial charge in [0.05, 0.1) is 30.5 Å². The topological polar surface area (TPSA) is 62.3 Å². The van der Waals surface area contributed by atoms with Crippen molar-refractivity contribution in [2.75, 3.05) is 23.8 Å². The maximum atomic E-state index is 13.8. The Morgan fingerprint density at radius 3 is 2.85 bits per heavy atom. The van der Waals surface area contributed by atoms with Gasteiger partial charge in [0.1, 0.15) is 0 Å². The monoisotopic (exact) mass is 277 g/mol. The van der Waals surface area contributed by atoms with Gasteiger partial charge in [-0.1, -0.05) is 6.92 Å². The van der Waals surface area contributed by atoms with Crippen LogP contribution in [0.25, 0.3) is 0 Å². The van der Waals surface area contributed by atoms with Gasteiger partial charge in [0.2, 0.25) is 0 Å². The molecule has 0 heterocycles. The summed E-state index contributed by atoms with van der Waals surface area (Å²) in [6.45, 7) is 3.06. The van der Waals surface area contributed by atoms with Crippen molar-refractivity contribution < 1.29 is 9.13 Å². The molecule has 0 unspecified atom stereocenters. The molecule has 1 aromatic rings. The van der Waals surface area contributed by atoms with Crippen LogP contribution in [-0.2, 0) is 0 Å². The van der Waals surface area contributed by atoms with Crippen molar-refractivity contribution in [2.45, 2.75) is 38.6 Å². The second-order valence-corrected chi connectivity index (χ2v) is 5.02. The van der Waals surface area contributed by atoms with E-state index in [1.807, 2.05) is 6.92 Å². The van der Waals surface area contributed by atoms with Gasteiger partial charge >= 0.3 is 0 Å². The molecule has 1 aromatic carbocycles. The molecule has 1 aliphatic rings. The Morgan fingerprint density at radius 2 is 2.25 bits per heavy atom. The molecule has 0 amide bonds. The molecule has 0 saturated heterocycles. The number of nitriles is 1. The van der Waals surface area contributed by atoms with E-state index in [4.69, 9.17) is 15.7 Å². The van der Waals surface area contributed by atoms with Gasteiger partial charge in [-0.25, -0.2) is 4.39 Å². The Labute approximate surface area is 118 Å². The van der Waals surface area contributed by atoms with E-state index in [-0.39, 0.29) is 5.75 Å². The van der Waals surface area contributed by atoms with Crippen LogP contribution in [0.15, 0.2) is 12.1 Å². The highest BCUT2D eigenvalue weighted by Crippen LogP contribution is 2.38.